The van der Waals surface area contributed by atoms with Gasteiger partial charge in [-0.15, -0.1) is 0 Å². The fourth-order valence-electron chi connectivity index (χ4n) is 3.40. The molecule has 0 spiro atoms. The first kappa shape index (κ1) is 20.3. The number of ether oxygens (including phenoxy) is 1. The van der Waals surface area contributed by atoms with Gasteiger partial charge in [-0.25, -0.2) is 0 Å². The first-order valence-electron chi connectivity index (χ1n) is 10.1. The summed E-state index contributed by atoms with van der Waals surface area (Å²) in [5.74, 6) is -0.353. The number of hydrogen-bond acceptors (Lipinski definition) is 5. The Bertz CT molecular complexity index is 1150. The van der Waals surface area contributed by atoms with Gasteiger partial charge < -0.3 is 19.7 Å². The molecule has 7 nitrogen and oxygen atoms in total. The summed E-state index contributed by atoms with van der Waals surface area (Å²) in [6.45, 7) is 2.92. The number of imide groups is 1. The molecule has 7 heteroatoms. The molecule has 31 heavy (non-hydrogen) atoms. The molecule has 1 aliphatic heterocycles. The molecular weight excluding hydrogens is 394 g/mol. The number of hydrogen-bond donors (Lipinski definition) is 3. The Labute approximate surface area is 180 Å². The number of nitrogens with zero attached hydrogens (tertiary/aromatic N) is 1. The van der Waals surface area contributed by atoms with E-state index in [2.05, 4.69) is 10.6 Å². The second-order valence-electron chi connectivity index (χ2n) is 7.19. The van der Waals surface area contributed by atoms with Crippen LogP contribution in [0.5, 0.6) is 11.5 Å². The van der Waals surface area contributed by atoms with Crippen molar-refractivity contribution in [2.45, 2.75) is 19.9 Å². The van der Waals surface area contributed by atoms with Crippen LogP contribution in [0.15, 0.2) is 67.1 Å². The van der Waals surface area contributed by atoms with Crippen molar-refractivity contribution in [2.75, 3.05) is 6.61 Å². The number of aromatic hydroxyl groups is 1. The number of carbonyl (C=O) groups is 2. The van der Waals surface area contributed by atoms with Gasteiger partial charge in [-0.2, -0.15) is 0 Å². The maximum Gasteiger partial charge on any atom is 0.260 e. The van der Waals surface area contributed by atoms with Crippen molar-refractivity contribution >= 4 is 17.4 Å². The van der Waals surface area contributed by atoms with Crippen molar-refractivity contribution < 1.29 is 19.4 Å². The van der Waals surface area contributed by atoms with Gasteiger partial charge in [0.15, 0.2) is 11.5 Å². The number of benzene rings is 2. The average Bonchev–Trinajstić information content (AvgIpc) is 3.30. The van der Waals surface area contributed by atoms with Crippen molar-refractivity contribution in [1.29, 1.82) is 0 Å². The standard InChI is InChI=1S/C24H23N3O4/c1-2-11-31-22-8-5-16(12-21(22)28)14-25-15-20-19-13-17(27-9-3-4-10-27)6-7-18(19)23(29)26-24(20)30/h3-10,12-13,15,25,28H,2,11,14H2,1H3,(H,26,29,30). The molecule has 0 unspecified atom stereocenters. The van der Waals surface area contributed by atoms with Crippen LogP contribution in [0.2, 0.25) is 0 Å². The Morgan fingerprint density at radius 1 is 1.06 bits per heavy atom. The molecule has 2 amide bonds. The maximum atomic E-state index is 12.5. The number of aromatic nitrogens is 1. The van der Waals surface area contributed by atoms with Crippen molar-refractivity contribution in [1.82, 2.24) is 15.2 Å². The third-order valence-corrected chi connectivity index (χ3v) is 4.95. The van der Waals surface area contributed by atoms with Gasteiger partial charge in [-0.3, -0.25) is 14.9 Å². The molecule has 0 radical (unpaired) electrons. The fourth-order valence-corrected chi connectivity index (χ4v) is 3.40. The summed E-state index contributed by atoms with van der Waals surface area (Å²) >= 11 is 0. The fraction of sp³-hybridized carbons (Fsp3) is 0.167. The van der Waals surface area contributed by atoms with Crippen molar-refractivity contribution in [3.05, 3.63) is 83.8 Å². The molecule has 0 saturated carbocycles. The molecule has 0 atom stereocenters. The van der Waals surface area contributed by atoms with E-state index in [1.54, 1.807) is 24.4 Å². The molecule has 158 valence electrons. The van der Waals surface area contributed by atoms with E-state index in [0.717, 1.165) is 17.7 Å². The molecule has 4 rings (SSSR count). The minimum Gasteiger partial charge on any atom is -0.504 e. The second kappa shape index (κ2) is 8.79. The van der Waals surface area contributed by atoms with Gasteiger partial charge in [0.05, 0.1) is 12.2 Å². The zero-order valence-corrected chi connectivity index (χ0v) is 17.1. The molecule has 0 aliphatic carbocycles. The zero-order valence-electron chi connectivity index (χ0n) is 17.1. The van der Waals surface area contributed by atoms with Crippen LogP contribution >= 0.6 is 0 Å². The molecule has 0 saturated heterocycles. The first-order chi connectivity index (χ1) is 15.1. The smallest absolute Gasteiger partial charge is 0.260 e. The lowest BCUT2D eigenvalue weighted by Gasteiger charge is -2.19. The van der Waals surface area contributed by atoms with Crippen molar-refractivity contribution in [2.24, 2.45) is 0 Å². The Hall–Kier alpha value is -4.00. The maximum absolute atomic E-state index is 12.5. The monoisotopic (exact) mass is 417 g/mol. The Balaban J connectivity index is 1.56. The summed E-state index contributed by atoms with van der Waals surface area (Å²) in [6.07, 6.45) is 6.25. The number of fused-ring (bicyclic) bond motifs is 1. The summed E-state index contributed by atoms with van der Waals surface area (Å²) in [4.78, 5) is 24.8. The van der Waals surface area contributed by atoms with Crippen LogP contribution in [0, 0.1) is 0 Å². The summed E-state index contributed by atoms with van der Waals surface area (Å²) in [5.41, 5.74) is 3.06. The van der Waals surface area contributed by atoms with Gasteiger partial charge in [-0.1, -0.05) is 13.0 Å². The highest BCUT2D eigenvalue weighted by atomic mass is 16.5. The third kappa shape index (κ3) is 4.30. The zero-order chi connectivity index (χ0) is 21.8. The Morgan fingerprint density at radius 2 is 1.87 bits per heavy atom. The highest BCUT2D eigenvalue weighted by Gasteiger charge is 2.27. The van der Waals surface area contributed by atoms with Crippen LogP contribution in [0.4, 0.5) is 0 Å². The van der Waals surface area contributed by atoms with Crippen molar-refractivity contribution in [3.63, 3.8) is 0 Å². The quantitative estimate of drug-likeness (QED) is 0.405. The second-order valence-corrected chi connectivity index (χ2v) is 7.19. The van der Waals surface area contributed by atoms with E-state index in [0.29, 0.717) is 35.6 Å². The minimum absolute atomic E-state index is 0.0723. The lowest BCUT2D eigenvalue weighted by atomic mass is 9.95. The van der Waals surface area contributed by atoms with E-state index in [9.17, 15) is 14.7 Å². The lowest BCUT2D eigenvalue weighted by molar-refractivity contribution is -0.114. The van der Waals surface area contributed by atoms with Crippen LogP contribution in [0.1, 0.15) is 34.8 Å². The van der Waals surface area contributed by atoms with Gasteiger partial charge in [0.2, 0.25) is 0 Å². The van der Waals surface area contributed by atoms with Gasteiger partial charge in [0, 0.05) is 42.0 Å². The van der Waals surface area contributed by atoms with E-state index >= 15 is 0 Å². The molecule has 3 aromatic rings. The molecule has 1 aromatic heterocycles. The van der Waals surface area contributed by atoms with Gasteiger partial charge in [0.25, 0.3) is 11.8 Å². The molecule has 2 heterocycles. The van der Waals surface area contributed by atoms with Crippen LogP contribution in [-0.4, -0.2) is 28.1 Å². The van der Waals surface area contributed by atoms with E-state index in [4.69, 9.17) is 4.74 Å². The topological polar surface area (TPSA) is 92.6 Å². The molecule has 0 fully saturated rings. The van der Waals surface area contributed by atoms with E-state index in [1.165, 1.54) is 0 Å². The van der Waals surface area contributed by atoms with Gasteiger partial charge in [-0.05, 0) is 54.4 Å². The number of rotatable bonds is 7. The van der Waals surface area contributed by atoms with Crippen LogP contribution in [0.3, 0.4) is 0 Å². The SMILES string of the molecule is CCCOc1ccc(CNC=C2C(=O)NC(=O)c3ccc(-n4cccc4)cc32)cc1O. The third-order valence-electron chi connectivity index (χ3n) is 4.95. The molecular formula is C24H23N3O4. The number of nitrogens with one attached hydrogen (secondary N) is 2. The van der Waals surface area contributed by atoms with Gasteiger partial charge in [0.1, 0.15) is 0 Å². The summed E-state index contributed by atoms with van der Waals surface area (Å²) in [6, 6.07) is 14.4. The lowest BCUT2D eigenvalue weighted by Crippen LogP contribution is -2.37. The Kier molecular flexibility index (Phi) is 5.75. The summed E-state index contributed by atoms with van der Waals surface area (Å²) in [5, 5.41) is 15.6. The highest BCUT2D eigenvalue weighted by Crippen LogP contribution is 2.28. The predicted molar refractivity (Wildman–Crippen MR) is 117 cm³/mol. The number of phenols is 1. The molecule has 1 aliphatic rings. The largest absolute Gasteiger partial charge is 0.504 e. The Morgan fingerprint density at radius 3 is 2.61 bits per heavy atom. The molecule has 2 aromatic carbocycles. The first-order valence-corrected chi connectivity index (χ1v) is 10.1. The number of phenolic OH excluding ortho intramolecular Hbond substituents is 1. The van der Waals surface area contributed by atoms with E-state index < -0.39 is 11.8 Å². The predicted octanol–water partition coefficient (Wildman–Crippen LogP) is 3.37. The van der Waals surface area contributed by atoms with Crippen LogP contribution < -0.4 is 15.4 Å². The molecule has 0 bridgehead atoms. The number of carbonyl (C=O) groups excluding carboxylic acids is 2. The summed E-state index contributed by atoms with van der Waals surface area (Å²) in [7, 11) is 0. The van der Waals surface area contributed by atoms with Crippen LogP contribution in [0.25, 0.3) is 11.3 Å². The summed E-state index contributed by atoms with van der Waals surface area (Å²) < 4.78 is 7.39. The van der Waals surface area contributed by atoms with Crippen LogP contribution in [-0.2, 0) is 11.3 Å². The number of amides is 2. The highest BCUT2D eigenvalue weighted by molar-refractivity contribution is 6.31. The minimum atomic E-state index is -0.458. The normalized spacial score (nSPS) is 14.3. The van der Waals surface area contributed by atoms with Crippen molar-refractivity contribution in [3.8, 4) is 17.2 Å². The van der Waals surface area contributed by atoms with Gasteiger partial charge >= 0.3 is 0 Å². The van der Waals surface area contributed by atoms with E-state index in [1.807, 2.05) is 54.2 Å². The molecule has 3 N–H and O–H groups in total. The average molecular weight is 417 g/mol. The van der Waals surface area contributed by atoms with E-state index in [-0.39, 0.29) is 5.75 Å².